The first-order valence-electron chi connectivity index (χ1n) is 18.9. The second-order valence-corrected chi connectivity index (χ2v) is 14.4. The van der Waals surface area contributed by atoms with Gasteiger partial charge < -0.3 is 4.90 Å². The van der Waals surface area contributed by atoms with Crippen LogP contribution in [-0.4, -0.2) is 0 Å². The van der Waals surface area contributed by atoms with Crippen LogP contribution in [0.15, 0.2) is 200 Å². The SMILES string of the molecule is C/C=C(\C)c1ccc(-c2cccc(N(c3ccccc3)c3cccc4c3-c3ccccc3C43c4ccccc4-c4ccc(-c5ccccc5)cc43)c2)cc1. The fraction of sp³-hybridized carbons (Fsp3) is 0.0566. The Morgan fingerprint density at radius 1 is 0.426 bits per heavy atom. The number of allylic oxidation sites excluding steroid dienone is 2. The van der Waals surface area contributed by atoms with Gasteiger partial charge in [-0.2, -0.15) is 0 Å². The van der Waals surface area contributed by atoms with Crippen molar-refractivity contribution in [3.8, 4) is 44.5 Å². The standard InChI is InChI=1S/C53H39N/c1-3-36(2)37-28-30-39(31-29-37)40-18-14-21-43(34-40)54(42-19-8-5-9-20-42)51-27-15-26-49-52(51)46-23-11-13-25-48(46)53(49)47-24-12-10-22-44(47)45-33-32-41(35-50(45)53)38-16-6-4-7-17-38/h3-35H,1-2H3/b36-3+. The van der Waals surface area contributed by atoms with E-state index in [0.717, 1.165) is 11.4 Å². The van der Waals surface area contributed by atoms with Crippen molar-refractivity contribution in [3.05, 3.63) is 228 Å². The van der Waals surface area contributed by atoms with Gasteiger partial charge in [0, 0.05) is 16.9 Å². The molecule has 2 aliphatic rings. The Balaban J connectivity index is 1.22. The van der Waals surface area contributed by atoms with Crippen LogP contribution in [0.5, 0.6) is 0 Å². The molecule has 8 aromatic carbocycles. The van der Waals surface area contributed by atoms with Crippen LogP contribution in [-0.2, 0) is 5.41 Å². The van der Waals surface area contributed by atoms with Crippen molar-refractivity contribution < 1.29 is 0 Å². The number of hydrogen-bond donors (Lipinski definition) is 0. The van der Waals surface area contributed by atoms with Crippen molar-refractivity contribution in [1.82, 2.24) is 0 Å². The van der Waals surface area contributed by atoms with Crippen molar-refractivity contribution in [2.75, 3.05) is 4.90 Å². The molecule has 0 saturated heterocycles. The Morgan fingerprint density at radius 2 is 0.963 bits per heavy atom. The van der Waals surface area contributed by atoms with Gasteiger partial charge in [-0.25, -0.2) is 0 Å². The van der Waals surface area contributed by atoms with E-state index in [1.165, 1.54) is 83.6 Å². The molecule has 10 rings (SSSR count). The molecule has 0 saturated carbocycles. The van der Waals surface area contributed by atoms with Crippen molar-refractivity contribution in [2.24, 2.45) is 0 Å². The highest BCUT2D eigenvalue weighted by molar-refractivity contribution is 6.01. The van der Waals surface area contributed by atoms with Crippen LogP contribution in [0.1, 0.15) is 41.7 Å². The van der Waals surface area contributed by atoms with Gasteiger partial charge in [-0.05, 0) is 123 Å². The lowest BCUT2D eigenvalue weighted by Gasteiger charge is -2.32. The van der Waals surface area contributed by atoms with Gasteiger partial charge in [0.05, 0.1) is 11.1 Å². The summed E-state index contributed by atoms with van der Waals surface area (Å²) in [5.74, 6) is 0. The van der Waals surface area contributed by atoms with Crippen LogP contribution in [0.25, 0.3) is 50.1 Å². The third kappa shape index (κ3) is 4.79. The monoisotopic (exact) mass is 689 g/mol. The summed E-state index contributed by atoms with van der Waals surface area (Å²) in [6, 6.07) is 71.8. The Labute approximate surface area is 318 Å². The topological polar surface area (TPSA) is 3.24 Å². The zero-order chi connectivity index (χ0) is 36.2. The number of nitrogens with zero attached hydrogens (tertiary/aromatic N) is 1. The maximum absolute atomic E-state index is 2.46. The molecule has 2 aliphatic carbocycles. The van der Waals surface area contributed by atoms with Crippen LogP contribution in [0, 0.1) is 0 Å². The smallest absolute Gasteiger partial charge is 0.0726 e. The molecule has 0 aliphatic heterocycles. The maximum atomic E-state index is 2.46. The predicted octanol–water partition coefficient (Wildman–Crippen LogP) is 14.3. The highest BCUT2D eigenvalue weighted by atomic mass is 15.1. The average Bonchev–Trinajstić information content (AvgIpc) is 3.72. The normalized spacial score (nSPS) is 15.0. The molecule has 1 atom stereocenters. The van der Waals surface area contributed by atoms with Gasteiger partial charge in [0.2, 0.25) is 0 Å². The van der Waals surface area contributed by atoms with Gasteiger partial charge in [-0.1, -0.05) is 164 Å². The molecule has 1 heteroatoms. The quantitative estimate of drug-likeness (QED) is 0.168. The van der Waals surface area contributed by atoms with Gasteiger partial charge in [0.1, 0.15) is 0 Å². The highest BCUT2D eigenvalue weighted by Crippen LogP contribution is 2.65. The molecule has 1 spiro atoms. The molecular weight excluding hydrogens is 651 g/mol. The first kappa shape index (κ1) is 32.0. The van der Waals surface area contributed by atoms with Crippen LogP contribution in [0.3, 0.4) is 0 Å². The fourth-order valence-corrected chi connectivity index (χ4v) is 9.09. The van der Waals surface area contributed by atoms with E-state index in [9.17, 15) is 0 Å². The molecule has 8 aromatic rings. The molecule has 0 fully saturated rings. The molecule has 0 heterocycles. The first-order valence-corrected chi connectivity index (χ1v) is 18.9. The maximum Gasteiger partial charge on any atom is 0.0726 e. The summed E-state index contributed by atoms with van der Waals surface area (Å²) in [7, 11) is 0. The van der Waals surface area contributed by atoms with E-state index in [2.05, 4.69) is 219 Å². The molecule has 0 amide bonds. The largest absolute Gasteiger partial charge is 0.310 e. The third-order valence-electron chi connectivity index (χ3n) is 11.7. The van der Waals surface area contributed by atoms with E-state index in [4.69, 9.17) is 0 Å². The fourth-order valence-electron chi connectivity index (χ4n) is 9.09. The van der Waals surface area contributed by atoms with E-state index < -0.39 is 5.41 Å². The molecule has 1 unspecified atom stereocenters. The van der Waals surface area contributed by atoms with Crippen molar-refractivity contribution in [3.63, 3.8) is 0 Å². The summed E-state index contributed by atoms with van der Waals surface area (Å²) in [6.45, 7) is 4.26. The van der Waals surface area contributed by atoms with Gasteiger partial charge in [0.25, 0.3) is 0 Å². The van der Waals surface area contributed by atoms with E-state index in [0.29, 0.717) is 0 Å². The molecule has 0 N–H and O–H groups in total. The lowest BCUT2D eigenvalue weighted by atomic mass is 9.70. The molecular formula is C53H39N. The number of fused-ring (bicyclic) bond motifs is 10. The van der Waals surface area contributed by atoms with E-state index in [1.807, 2.05) is 0 Å². The minimum absolute atomic E-state index is 0.463. The molecule has 0 bridgehead atoms. The van der Waals surface area contributed by atoms with Gasteiger partial charge in [-0.3, -0.25) is 0 Å². The van der Waals surface area contributed by atoms with Crippen molar-refractivity contribution in [2.45, 2.75) is 19.3 Å². The third-order valence-corrected chi connectivity index (χ3v) is 11.7. The van der Waals surface area contributed by atoms with E-state index >= 15 is 0 Å². The highest BCUT2D eigenvalue weighted by Gasteiger charge is 2.52. The summed E-state index contributed by atoms with van der Waals surface area (Å²) in [6.07, 6.45) is 2.17. The van der Waals surface area contributed by atoms with E-state index in [1.54, 1.807) is 0 Å². The zero-order valence-electron chi connectivity index (χ0n) is 30.5. The molecule has 0 radical (unpaired) electrons. The van der Waals surface area contributed by atoms with Crippen molar-refractivity contribution in [1.29, 1.82) is 0 Å². The van der Waals surface area contributed by atoms with Crippen LogP contribution >= 0.6 is 0 Å². The number of anilines is 3. The molecule has 1 nitrogen and oxygen atoms in total. The van der Waals surface area contributed by atoms with Gasteiger partial charge in [-0.15, -0.1) is 0 Å². The van der Waals surface area contributed by atoms with Crippen LogP contribution in [0.4, 0.5) is 17.1 Å². The summed E-state index contributed by atoms with van der Waals surface area (Å²) >= 11 is 0. The molecule has 54 heavy (non-hydrogen) atoms. The Hall–Kier alpha value is -6.70. The minimum Gasteiger partial charge on any atom is -0.310 e. The van der Waals surface area contributed by atoms with Crippen LogP contribution < -0.4 is 4.90 Å². The second kappa shape index (κ2) is 12.8. The van der Waals surface area contributed by atoms with Gasteiger partial charge in [0.15, 0.2) is 0 Å². The summed E-state index contributed by atoms with van der Waals surface area (Å²) in [4.78, 5) is 2.46. The number of rotatable bonds is 6. The summed E-state index contributed by atoms with van der Waals surface area (Å²) in [5.41, 5.74) is 20.9. The first-order chi connectivity index (χ1) is 26.7. The number of hydrogen-bond acceptors (Lipinski definition) is 1. The van der Waals surface area contributed by atoms with Crippen LogP contribution in [0.2, 0.25) is 0 Å². The zero-order valence-corrected chi connectivity index (χ0v) is 30.5. The second-order valence-electron chi connectivity index (χ2n) is 14.4. The summed E-state index contributed by atoms with van der Waals surface area (Å²) < 4.78 is 0. The van der Waals surface area contributed by atoms with Crippen molar-refractivity contribution >= 4 is 22.6 Å². The average molecular weight is 690 g/mol. The lowest BCUT2D eigenvalue weighted by molar-refractivity contribution is 0.794. The predicted molar refractivity (Wildman–Crippen MR) is 228 cm³/mol. The summed E-state index contributed by atoms with van der Waals surface area (Å²) in [5, 5.41) is 0. The van der Waals surface area contributed by atoms with E-state index in [-0.39, 0.29) is 0 Å². The Morgan fingerprint density at radius 3 is 1.72 bits per heavy atom. The Kier molecular flexibility index (Phi) is 7.56. The number of para-hydroxylation sites is 1. The molecule has 256 valence electrons. The number of benzene rings is 8. The Bertz CT molecular complexity index is 2720. The van der Waals surface area contributed by atoms with Gasteiger partial charge >= 0.3 is 0 Å². The lowest BCUT2D eigenvalue weighted by Crippen LogP contribution is -2.26. The minimum atomic E-state index is -0.463. The molecule has 0 aromatic heterocycles.